The van der Waals surface area contributed by atoms with Crippen LogP contribution in [0.5, 0.6) is 0 Å². The highest BCUT2D eigenvalue weighted by molar-refractivity contribution is 5.78. The average Bonchev–Trinajstić information content (AvgIpc) is 1.97. The molecule has 70 valence electrons. The smallest absolute Gasteiger partial charge is 0.133 e. The highest BCUT2D eigenvalue weighted by atomic mass is 16.1. The minimum absolute atomic E-state index is 0.373. The Morgan fingerprint density at radius 2 is 2.25 bits per heavy atom. The van der Waals surface area contributed by atoms with Crippen molar-refractivity contribution in [2.45, 2.75) is 39.0 Å². The fourth-order valence-corrected chi connectivity index (χ4v) is 1.57. The van der Waals surface area contributed by atoms with Gasteiger partial charge in [-0.25, -0.2) is 0 Å². The van der Waals surface area contributed by atoms with E-state index in [9.17, 15) is 4.79 Å². The highest BCUT2D eigenvalue weighted by Crippen LogP contribution is 2.30. The SMILES string of the molecule is CC(CN)CC(=O)CC1CCC1. The van der Waals surface area contributed by atoms with E-state index in [2.05, 4.69) is 0 Å². The molecule has 1 aliphatic rings. The fourth-order valence-electron chi connectivity index (χ4n) is 1.57. The summed E-state index contributed by atoms with van der Waals surface area (Å²) in [6.07, 6.45) is 5.35. The highest BCUT2D eigenvalue weighted by Gasteiger charge is 2.20. The molecular weight excluding hydrogens is 150 g/mol. The van der Waals surface area contributed by atoms with Gasteiger partial charge in [-0.15, -0.1) is 0 Å². The molecular formula is C10H19NO. The first-order valence-electron chi connectivity index (χ1n) is 4.94. The summed E-state index contributed by atoms with van der Waals surface area (Å²) in [4.78, 5) is 11.4. The lowest BCUT2D eigenvalue weighted by Gasteiger charge is -2.24. The van der Waals surface area contributed by atoms with Gasteiger partial charge in [0.15, 0.2) is 0 Å². The molecule has 0 saturated heterocycles. The lowest BCUT2D eigenvalue weighted by atomic mass is 9.81. The summed E-state index contributed by atoms with van der Waals surface area (Å²) in [7, 11) is 0. The van der Waals surface area contributed by atoms with Crippen molar-refractivity contribution in [2.75, 3.05) is 6.54 Å². The number of carbonyl (C=O) groups is 1. The molecule has 0 aliphatic heterocycles. The molecule has 0 bridgehead atoms. The van der Waals surface area contributed by atoms with E-state index >= 15 is 0 Å². The number of rotatable bonds is 5. The van der Waals surface area contributed by atoms with Gasteiger partial charge < -0.3 is 5.73 Å². The molecule has 1 saturated carbocycles. The molecule has 1 fully saturated rings. The van der Waals surface area contributed by atoms with E-state index in [1.165, 1.54) is 19.3 Å². The maximum atomic E-state index is 11.4. The molecule has 0 spiro atoms. The Kier molecular flexibility index (Phi) is 3.73. The third-order valence-corrected chi connectivity index (χ3v) is 2.72. The second-order valence-electron chi connectivity index (χ2n) is 4.08. The zero-order chi connectivity index (χ0) is 8.97. The molecule has 0 aromatic rings. The normalized spacial score (nSPS) is 20.2. The van der Waals surface area contributed by atoms with Crippen molar-refractivity contribution < 1.29 is 4.79 Å². The Balaban J connectivity index is 2.10. The van der Waals surface area contributed by atoms with Crippen molar-refractivity contribution >= 4 is 5.78 Å². The minimum atomic E-state index is 0.373. The van der Waals surface area contributed by atoms with Gasteiger partial charge in [-0.3, -0.25) is 4.79 Å². The van der Waals surface area contributed by atoms with Crippen LogP contribution in [-0.4, -0.2) is 12.3 Å². The van der Waals surface area contributed by atoms with Gasteiger partial charge in [0.05, 0.1) is 0 Å². The Bertz CT molecular complexity index is 143. The summed E-state index contributed by atoms with van der Waals surface area (Å²) in [6.45, 7) is 2.68. The molecule has 0 radical (unpaired) electrons. The van der Waals surface area contributed by atoms with Crippen molar-refractivity contribution in [3.63, 3.8) is 0 Å². The van der Waals surface area contributed by atoms with Gasteiger partial charge >= 0.3 is 0 Å². The molecule has 2 nitrogen and oxygen atoms in total. The number of nitrogens with two attached hydrogens (primary N) is 1. The van der Waals surface area contributed by atoms with Crippen molar-refractivity contribution in [2.24, 2.45) is 17.6 Å². The van der Waals surface area contributed by atoms with Gasteiger partial charge in [-0.05, 0) is 18.4 Å². The van der Waals surface area contributed by atoms with E-state index in [-0.39, 0.29) is 0 Å². The summed E-state index contributed by atoms with van der Waals surface area (Å²) in [5.41, 5.74) is 5.45. The molecule has 1 rings (SSSR count). The lowest BCUT2D eigenvalue weighted by molar-refractivity contribution is -0.121. The van der Waals surface area contributed by atoms with Gasteiger partial charge in [0.2, 0.25) is 0 Å². The molecule has 2 N–H and O–H groups in total. The number of hydrogen-bond acceptors (Lipinski definition) is 2. The predicted molar refractivity (Wildman–Crippen MR) is 49.8 cm³/mol. The summed E-state index contributed by atoms with van der Waals surface area (Å²) in [5.74, 6) is 1.50. The van der Waals surface area contributed by atoms with Crippen molar-refractivity contribution in [1.82, 2.24) is 0 Å². The van der Waals surface area contributed by atoms with Crippen LogP contribution in [0.15, 0.2) is 0 Å². The predicted octanol–water partition coefficient (Wildman–Crippen LogP) is 1.73. The number of Topliss-reactive ketones (excluding diaryl/α,β-unsaturated/α-hetero) is 1. The topological polar surface area (TPSA) is 43.1 Å². The molecule has 12 heavy (non-hydrogen) atoms. The lowest BCUT2D eigenvalue weighted by Crippen LogP contribution is -2.20. The average molecular weight is 169 g/mol. The van der Waals surface area contributed by atoms with E-state index < -0.39 is 0 Å². The number of carbonyl (C=O) groups excluding carboxylic acids is 1. The van der Waals surface area contributed by atoms with E-state index in [1.54, 1.807) is 0 Å². The Hall–Kier alpha value is -0.370. The number of hydrogen-bond donors (Lipinski definition) is 1. The molecule has 0 aromatic heterocycles. The summed E-state index contributed by atoms with van der Waals surface area (Å²) in [5, 5.41) is 0. The second kappa shape index (κ2) is 4.61. The zero-order valence-electron chi connectivity index (χ0n) is 7.88. The first kappa shape index (κ1) is 9.72. The van der Waals surface area contributed by atoms with Gasteiger partial charge in [0.25, 0.3) is 0 Å². The Labute approximate surface area is 74.5 Å². The summed E-state index contributed by atoms with van der Waals surface area (Å²) in [6, 6.07) is 0. The first-order valence-corrected chi connectivity index (χ1v) is 4.94. The largest absolute Gasteiger partial charge is 0.330 e. The third-order valence-electron chi connectivity index (χ3n) is 2.72. The van der Waals surface area contributed by atoms with E-state index in [0.29, 0.717) is 30.6 Å². The quantitative estimate of drug-likeness (QED) is 0.681. The maximum Gasteiger partial charge on any atom is 0.133 e. The van der Waals surface area contributed by atoms with Crippen molar-refractivity contribution in [1.29, 1.82) is 0 Å². The second-order valence-corrected chi connectivity index (χ2v) is 4.08. The van der Waals surface area contributed by atoms with Crippen molar-refractivity contribution in [3.8, 4) is 0 Å². The van der Waals surface area contributed by atoms with Gasteiger partial charge in [0.1, 0.15) is 5.78 Å². The van der Waals surface area contributed by atoms with Crippen LogP contribution in [0.25, 0.3) is 0 Å². The maximum absolute atomic E-state index is 11.4. The van der Waals surface area contributed by atoms with Crippen LogP contribution in [0.3, 0.4) is 0 Å². The monoisotopic (exact) mass is 169 g/mol. The van der Waals surface area contributed by atoms with Gasteiger partial charge in [0, 0.05) is 12.8 Å². The van der Waals surface area contributed by atoms with Crippen LogP contribution in [0.1, 0.15) is 39.0 Å². The summed E-state index contributed by atoms with van der Waals surface area (Å²) >= 11 is 0. The van der Waals surface area contributed by atoms with E-state index in [0.717, 1.165) is 6.42 Å². The molecule has 1 unspecified atom stereocenters. The van der Waals surface area contributed by atoms with Crippen LogP contribution in [0, 0.1) is 11.8 Å². The Morgan fingerprint density at radius 3 is 2.67 bits per heavy atom. The Morgan fingerprint density at radius 1 is 1.58 bits per heavy atom. The van der Waals surface area contributed by atoms with Crippen LogP contribution in [0.4, 0.5) is 0 Å². The number of ketones is 1. The molecule has 0 amide bonds. The standard InChI is InChI=1S/C10H19NO/c1-8(7-11)5-10(12)6-9-3-2-4-9/h8-9H,2-7,11H2,1H3. The first-order chi connectivity index (χ1) is 5.72. The van der Waals surface area contributed by atoms with Crippen molar-refractivity contribution in [3.05, 3.63) is 0 Å². The molecule has 1 aliphatic carbocycles. The van der Waals surface area contributed by atoms with Crippen LogP contribution in [-0.2, 0) is 4.79 Å². The van der Waals surface area contributed by atoms with Crippen LogP contribution < -0.4 is 5.73 Å². The van der Waals surface area contributed by atoms with E-state index in [1.807, 2.05) is 6.92 Å². The van der Waals surface area contributed by atoms with Crippen LogP contribution >= 0.6 is 0 Å². The minimum Gasteiger partial charge on any atom is -0.330 e. The molecule has 0 heterocycles. The molecule has 2 heteroatoms. The van der Waals surface area contributed by atoms with Gasteiger partial charge in [-0.2, -0.15) is 0 Å². The fraction of sp³-hybridized carbons (Fsp3) is 0.900. The molecule has 0 aromatic carbocycles. The van der Waals surface area contributed by atoms with Crippen LogP contribution in [0.2, 0.25) is 0 Å². The zero-order valence-corrected chi connectivity index (χ0v) is 7.88. The summed E-state index contributed by atoms with van der Waals surface area (Å²) < 4.78 is 0. The van der Waals surface area contributed by atoms with Gasteiger partial charge in [-0.1, -0.05) is 26.2 Å². The molecule has 1 atom stereocenters. The third kappa shape index (κ3) is 2.94. The van der Waals surface area contributed by atoms with E-state index in [4.69, 9.17) is 5.73 Å².